The fourth-order valence-electron chi connectivity index (χ4n) is 3.03. The van der Waals surface area contributed by atoms with E-state index in [9.17, 15) is 9.59 Å². The number of nitrogens with zero attached hydrogens (tertiary/aromatic N) is 2. The number of amides is 1. The van der Waals surface area contributed by atoms with Crippen LogP contribution in [0.2, 0.25) is 0 Å². The molecule has 0 spiro atoms. The van der Waals surface area contributed by atoms with Crippen molar-refractivity contribution in [2.45, 2.75) is 64.1 Å². The van der Waals surface area contributed by atoms with E-state index in [1.807, 2.05) is 27.8 Å². The SMILES string of the molecule is CNCCSc1nnc(C(=O)[C@@H](NC(=O)C2CCCCC2)C(C)(C)C)o1. The molecule has 0 aromatic carbocycles. The number of ketones is 1. The van der Waals surface area contributed by atoms with Gasteiger partial charge in [0.15, 0.2) is 0 Å². The molecule has 1 aliphatic carbocycles. The molecule has 0 aliphatic heterocycles. The lowest BCUT2D eigenvalue weighted by molar-refractivity contribution is -0.127. The van der Waals surface area contributed by atoms with E-state index >= 15 is 0 Å². The average molecular weight is 383 g/mol. The zero-order chi connectivity index (χ0) is 19.2. The van der Waals surface area contributed by atoms with Gasteiger partial charge in [0.05, 0.1) is 0 Å². The Morgan fingerprint density at radius 1 is 1.23 bits per heavy atom. The second-order valence-corrected chi connectivity index (χ2v) is 8.88. The second-order valence-electron chi connectivity index (χ2n) is 7.83. The van der Waals surface area contributed by atoms with Crippen LogP contribution < -0.4 is 10.6 Å². The van der Waals surface area contributed by atoms with Gasteiger partial charge >= 0.3 is 0 Å². The first-order chi connectivity index (χ1) is 12.3. The van der Waals surface area contributed by atoms with Gasteiger partial charge in [-0.2, -0.15) is 0 Å². The van der Waals surface area contributed by atoms with Gasteiger partial charge in [-0.05, 0) is 25.3 Å². The fourth-order valence-corrected chi connectivity index (χ4v) is 3.75. The van der Waals surface area contributed by atoms with E-state index in [4.69, 9.17) is 4.42 Å². The molecule has 1 amide bonds. The number of aromatic nitrogens is 2. The van der Waals surface area contributed by atoms with Crippen LogP contribution in [-0.4, -0.2) is 47.3 Å². The van der Waals surface area contributed by atoms with Gasteiger partial charge < -0.3 is 15.1 Å². The third-order valence-corrected chi connectivity index (χ3v) is 5.41. The number of thioether (sulfide) groups is 1. The molecule has 0 saturated heterocycles. The van der Waals surface area contributed by atoms with Gasteiger partial charge in [-0.25, -0.2) is 0 Å². The lowest BCUT2D eigenvalue weighted by Gasteiger charge is -2.31. The van der Waals surface area contributed by atoms with Crippen molar-refractivity contribution in [2.24, 2.45) is 11.3 Å². The zero-order valence-electron chi connectivity index (χ0n) is 16.1. The van der Waals surface area contributed by atoms with Gasteiger partial charge in [0.25, 0.3) is 11.1 Å². The van der Waals surface area contributed by atoms with Crippen LogP contribution in [0, 0.1) is 11.3 Å². The van der Waals surface area contributed by atoms with Crippen LogP contribution in [0.25, 0.3) is 0 Å². The van der Waals surface area contributed by atoms with Crippen molar-refractivity contribution in [3.05, 3.63) is 5.89 Å². The Labute approximate surface area is 159 Å². The molecule has 2 N–H and O–H groups in total. The summed E-state index contributed by atoms with van der Waals surface area (Å²) >= 11 is 1.40. The summed E-state index contributed by atoms with van der Waals surface area (Å²) in [5, 5.41) is 14.2. The molecule has 1 atom stereocenters. The number of hydrogen-bond donors (Lipinski definition) is 2. The number of nitrogens with one attached hydrogen (secondary N) is 2. The maximum Gasteiger partial charge on any atom is 0.286 e. The maximum atomic E-state index is 12.9. The first kappa shape index (κ1) is 20.9. The molecule has 1 aromatic heterocycles. The minimum Gasteiger partial charge on any atom is -0.408 e. The first-order valence-corrected chi connectivity index (χ1v) is 10.3. The number of Topliss-reactive ketones (excluding diaryl/α,β-unsaturated/α-hetero) is 1. The van der Waals surface area contributed by atoms with Gasteiger partial charge in [0.1, 0.15) is 6.04 Å². The van der Waals surface area contributed by atoms with Crippen molar-refractivity contribution >= 4 is 23.5 Å². The van der Waals surface area contributed by atoms with Crippen molar-refractivity contribution in [1.29, 1.82) is 0 Å². The Kier molecular flexibility index (Phi) is 7.64. The topological polar surface area (TPSA) is 97.1 Å². The van der Waals surface area contributed by atoms with E-state index in [2.05, 4.69) is 20.8 Å². The minimum atomic E-state index is -0.687. The monoisotopic (exact) mass is 382 g/mol. The van der Waals surface area contributed by atoms with Crippen LogP contribution in [0.3, 0.4) is 0 Å². The Morgan fingerprint density at radius 2 is 1.92 bits per heavy atom. The molecule has 1 fully saturated rings. The Morgan fingerprint density at radius 3 is 2.54 bits per heavy atom. The van der Waals surface area contributed by atoms with Crippen molar-refractivity contribution < 1.29 is 14.0 Å². The molecule has 0 radical (unpaired) electrons. The quantitative estimate of drug-likeness (QED) is 0.405. The average Bonchev–Trinajstić information content (AvgIpc) is 3.08. The Hall–Kier alpha value is -1.41. The number of carbonyl (C=O) groups excluding carboxylic acids is 2. The van der Waals surface area contributed by atoms with Crippen LogP contribution >= 0.6 is 11.8 Å². The summed E-state index contributed by atoms with van der Waals surface area (Å²) in [6, 6.07) is -0.687. The standard InChI is InChI=1S/C18H30N4O3S/c1-18(2,3)14(20-15(24)12-8-6-5-7-9-12)13(23)16-21-22-17(25-16)26-11-10-19-4/h12,14,19H,5-11H2,1-4H3,(H,20,24)/t14-/m1/s1. The number of hydrogen-bond acceptors (Lipinski definition) is 7. The van der Waals surface area contributed by atoms with Crippen LogP contribution in [0.5, 0.6) is 0 Å². The Balaban J connectivity index is 2.06. The van der Waals surface area contributed by atoms with E-state index < -0.39 is 11.5 Å². The molecule has 2 rings (SSSR count). The number of carbonyl (C=O) groups is 2. The molecule has 1 aliphatic rings. The highest BCUT2D eigenvalue weighted by Gasteiger charge is 2.37. The highest BCUT2D eigenvalue weighted by molar-refractivity contribution is 7.99. The first-order valence-electron chi connectivity index (χ1n) is 9.28. The second kappa shape index (κ2) is 9.50. The van der Waals surface area contributed by atoms with Crippen LogP contribution in [0.4, 0.5) is 0 Å². The summed E-state index contributed by atoms with van der Waals surface area (Å²) in [7, 11) is 1.87. The lowest BCUT2D eigenvalue weighted by Crippen LogP contribution is -2.51. The maximum absolute atomic E-state index is 12.9. The summed E-state index contributed by atoms with van der Waals surface area (Å²) in [6.07, 6.45) is 5.11. The van der Waals surface area contributed by atoms with E-state index in [0.29, 0.717) is 5.22 Å². The minimum absolute atomic E-state index is 0.00301. The van der Waals surface area contributed by atoms with Gasteiger partial charge in [-0.3, -0.25) is 9.59 Å². The fraction of sp³-hybridized carbons (Fsp3) is 0.778. The van der Waals surface area contributed by atoms with Crippen LogP contribution in [-0.2, 0) is 4.79 Å². The van der Waals surface area contributed by atoms with E-state index in [0.717, 1.165) is 38.0 Å². The molecule has 8 heteroatoms. The smallest absolute Gasteiger partial charge is 0.286 e. The van der Waals surface area contributed by atoms with E-state index in [1.54, 1.807) is 0 Å². The van der Waals surface area contributed by atoms with Gasteiger partial charge in [0, 0.05) is 18.2 Å². The Bertz CT molecular complexity index is 606. The lowest BCUT2D eigenvalue weighted by atomic mass is 9.82. The molecule has 26 heavy (non-hydrogen) atoms. The molecule has 0 bridgehead atoms. The van der Waals surface area contributed by atoms with Crippen LogP contribution in [0.1, 0.15) is 63.6 Å². The third kappa shape index (κ3) is 5.81. The molecule has 1 aromatic rings. The molecular weight excluding hydrogens is 352 g/mol. The number of rotatable bonds is 8. The van der Waals surface area contributed by atoms with Crippen LogP contribution in [0.15, 0.2) is 9.64 Å². The zero-order valence-corrected chi connectivity index (χ0v) is 16.9. The molecule has 7 nitrogen and oxygen atoms in total. The largest absolute Gasteiger partial charge is 0.408 e. The van der Waals surface area contributed by atoms with Crippen molar-refractivity contribution in [3.8, 4) is 0 Å². The molecule has 146 valence electrons. The third-order valence-electron chi connectivity index (χ3n) is 4.59. The molecule has 0 unspecified atom stereocenters. The predicted octanol–water partition coefficient (Wildman–Crippen LogP) is 2.67. The normalized spacial score (nSPS) is 17.1. The van der Waals surface area contributed by atoms with Crippen molar-refractivity contribution in [3.63, 3.8) is 0 Å². The van der Waals surface area contributed by atoms with Gasteiger partial charge in [0.2, 0.25) is 11.7 Å². The van der Waals surface area contributed by atoms with Crippen molar-refractivity contribution in [1.82, 2.24) is 20.8 Å². The van der Waals surface area contributed by atoms with E-state index in [-0.39, 0.29) is 23.5 Å². The highest BCUT2D eigenvalue weighted by atomic mass is 32.2. The highest BCUT2D eigenvalue weighted by Crippen LogP contribution is 2.27. The molecule has 1 saturated carbocycles. The summed E-state index contributed by atoms with van der Waals surface area (Å²) in [5.74, 6) is 0.362. The van der Waals surface area contributed by atoms with Gasteiger partial charge in [-0.1, -0.05) is 51.8 Å². The molecule has 1 heterocycles. The summed E-state index contributed by atoms with van der Waals surface area (Å²) < 4.78 is 5.51. The van der Waals surface area contributed by atoms with E-state index in [1.165, 1.54) is 18.2 Å². The van der Waals surface area contributed by atoms with Crippen molar-refractivity contribution in [2.75, 3.05) is 19.3 Å². The summed E-state index contributed by atoms with van der Waals surface area (Å²) in [4.78, 5) is 25.6. The predicted molar refractivity (Wildman–Crippen MR) is 101 cm³/mol. The summed E-state index contributed by atoms with van der Waals surface area (Å²) in [5.41, 5.74) is -0.449. The molecular formula is C18H30N4O3S. The summed E-state index contributed by atoms with van der Waals surface area (Å²) in [6.45, 7) is 6.58. The van der Waals surface area contributed by atoms with Gasteiger partial charge in [-0.15, -0.1) is 10.2 Å².